The SMILES string of the molecule is Nc1ccc(Cc2cc(Cl)c(N)c(Cl)c2)cc1Cl. The summed E-state index contributed by atoms with van der Waals surface area (Å²) in [4.78, 5) is 0. The smallest absolute Gasteiger partial charge is 0.0693 e. The lowest BCUT2D eigenvalue weighted by Gasteiger charge is -2.07. The molecule has 0 aliphatic rings. The van der Waals surface area contributed by atoms with Gasteiger partial charge in [-0.1, -0.05) is 40.9 Å². The lowest BCUT2D eigenvalue weighted by Crippen LogP contribution is -1.94. The summed E-state index contributed by atoms with van der Waals surface area (Å²) in [6.45, 7) is 0. The van der Waals surface area contributed by atoms with Crippen LogP contribution in [0.25, 0.3) is 0 Å². The Morgan fingerprint density at radius 1 is 0.778 bits per heavy atom. The van der Waals surface area contributed by atoms with Crippen molar-refractivity contribution in [3.05, 3.63) is 56.5 Å². The van der Waals surface area contributed by atoms with Gasteiger partial charge in [-0.2, -0.15) is 0 Å². The van der Waals surface area contributed by atoms with E-state index in [0.29, 0.717) is 32.9 Å². The molecule has 0 atom stereocenters. The molecule has 2 nitrogen and oxygen atoms in total. The molecule has 0 radical (unpaired) electrons. The highest BCUT2D eigenvalue weighted by Crippen LogP contribution is 2.30. The molecule has 0 aliphatic carbocycles. The number of nitrogens with two attached hydrogens (primary N) is 2. The summed E-state index contributed by atoms with van der Waals surface area (Å²) in [7, 11) is 0. The molecule has 0 heterocycles. The molecule has 0 fully saturated rings. The van der Waals surface area contributed by atoms with Gasteiger partial charge in [0.15, 0.2) is 0 Å². The van der Waals surface area contributed by atoms with E-state index in [-0.39, 0.29) is 0 Å². The van der Waals surface area contributed by atoms with Gasteiger partial charge in [0.2, 0.25) is 0 Å². The first-order valence-corrected chi connectivity index (χ1v) is 6.38. The summed E-state index contributed by atoms with van der Waals surface area (Å²) in [5.74, 6) is 0. The van der Waals surface area contributed by atoms with Crippen LogP contribution in [0.4, 0.5) is 11.4 Å². The fourth-order valence-corrected chi connectivity index (χ4v) is 2.39. The van der Waals surface area contributed by atoms with Crippen molar-refractivity contribution in [1.29, 1.82) is 0 Å². The van der Waals surface area contributed by atoms with E-state index >= 15 is 0 Å². The zero-order chi connectivity index (χ0) is 13.3. The van der Waals surface area contributed by atoms with Gasteiger partial charge in [-0.25, -0.2) is 0 Å². The maximum atomic E-state index is 5.99. The molecule has 2 rings (SSSR count). The first-order valence-electron chi connectivity index (χ1n) is 5.24. The highest BCUT2D eigenvalue weighted by Gasteiger charge is 2.06. The van der Waals surface area contributed by atoms with E-state index in [2.05, 4.69) is 0 Å². The van der Waals surface area contributed by atoms with Crippen molar-refractivity contribution in [2.24, 2.45) is 0 Å². The van der Waals surface area contributed by atoms with Gasteiger partial charge >= 0.3 is 0 Å². The van der Waals surface area contributed by atoms with Crippen LogP contribution < -0.4 is 11.5 Å². The molecular weight excluding hydrogens is 291 g/mol. The van der Waals surface area contributed by atoms with Crippen molar-refractivity contribution < 1.29 is 0 Å². The predicted octanol–water partition coefficient (Wildman–Crippen LogP) is 4.40. The largest absolute Gasteiger partial charge is 0.398 e. The van der Waals surface area contributed by atoms with Crippen molar-refractivity contribution in [2.45, 2.75) is 6.42 Å². The molecule has 0 saturated carbocycles. The minimum absolute atomic E-state index is 0.400. The normalized spacial score (nSPS) is 10.6. The van der Waals surface area contributed by atoms with Crippen LogP contribution in [0.1, 0.15) is 11.1 Å². The molecule has 18 heavy (non-hydrogen) atoms. The number of halogens is 3. The zero-order valence-electron chi connectivity index (χ0n) is 9.38. The summed E-state index contributed by atoms with van der Waals surface area (Å²) < 4.78 is 0. The quantitative estimate of drug-likeness (QED) is 0.808. The summed E-state index contributed by atoms with van der Waals surface area (Å²) in [5.41, 5.74) is 14.3. The van der Waals surface area contributed by atoms with E-state index in [4.69, 9.17) is 46.3 Å². The zero-order valence-corrected chi connectivity index (χ0v) is 11.7. The Bertz CT molecular complexity index is 574. The lowest BCUT2D eigenvalue weighted by molar-refractivity contribution is 1.19. The molecule has 0 aromatic heterocycles. The Morgan fingerprint density at radius 2 is 1.33 bits per heavy atom. The minimum Gasteiger partial charge on any atom is -0.398 e. The Labute approximate surface area is 120 Å². The van der Waals surface area contributed by atoms with Gasteiger partial charge in [0.25, 0.3) is 0 Å². The average molecular weight is 302 g/mol. The first-order chi connectivity index (χ1) is 8.47. The molecule has 0 saturated heterocycles. The fourth-order valence-electron chi connectivity index (χ4n) is 1.66. The standard InChI is InChI=1S/C13H11Cl3N2/c14-9-4-7(1-2-12(9)17)3-8-5-10(15)13(18)11(16)6-8/h1-2,4-6H,3,17-18H2. The highest BCUT2D eigenvalue weighted by atomic mass is 35.5. The number of nitrogen functional groups attached to an aromatic ring is 2. The van der Waals surface area contributed by atoms with Crippen LogP contribution in [0.15, 0.2) is 30.3 Å². The minimum atomic E-state index is 0.400. The van der Waals surface area contributed by atoms with Crippen LogP contribution in [-0.4, -0.2) is 0 Å². The fraction of sp³-hybridized carbons (Fsp3) is 0.0769. The average Bonchev–Trinajstić information content (AvgIpc) is 2.31. The van der Waals surface area contributed by atoms with Crippen LogP contribution >= 0.6 is 34.8 Å². The molecule has 2 aromatic rings. The number of benzene rings is 2. The van der Waals surface area contributed by atoms with E-state index in [9.17, 15) is 0 Å². The molecule has 5 heteroatoms. The third-order valence-electron chi connectivity index (χ3n) is 2.61. The van der Waals surface area contributed by atoms with E-state index in [0.717, 1.165) is 11.1 Å². The van der Waals surface area contributed by atoms with Gasteiger partial charge in [0.1, 0.15) is 0 Å². The maximum absolute atomic E-state index is 5.99. The Kier molecular flexibility index (Phi) is 3.91. The topological polar surface area (TPSA) is 52.0 Å². The summed E-state index contributed by atoms with van der Waals surface area (Å²) >= 11 is 17.9. The second-order valence-electron chi connectivity index (χ2n) is 4.01. The van der Waals surface area contributed by atoms with Gasteiger partial charge < -0.3 is 11.5 Å². The second kappa shape index (κ2) is 5.27. The van der Waals surface area contributed by atoms with Crippen molar-refractivity contribution >= 4 is 46.2 Å². The molecule has 0 aliphatic heterocycles. The molecule has 0 unspecified atom stereocenters. The van der Waals surface area contributed by atoms with Gasteiger partial charge in [-0.15, -0.1) is 0 Å². The lowest BCUT2D eigenvalue weighted by atomic mass is 10.0. The maximum Gasteiger partial charge on any atom is 0.0693 e. The van der Waals surface area contributed by atoms with E-state index in [1.54, 1.807) is 18.2 Å². The van der Waals surface area contributed by atoms with Gasteiger partial charge in [0.05, 0.1) is 26.4 Å². The molecular formula is C13H11Cl3N2. The first kappa shape index (κ1) is 13.3. The van der Waals surface area contributed by atoms with Crippen LogP contribution in [0, 0.1) is 0 Å². The van der Waals surface area contributed by atoms with E-state index in [1.165, 1.54) is 0 Å². The van der Waals surface area contributed by atoms with Gasteiger partial charge in [-0.05, 0) is 41.8 Å². The van der Waals surface area contributed by atoms with Crippen LogP contribution in [0.3, 0.4) is 0 Å². The van der Waals surface area contributed by atoms with E-state index in [1.807, 2.05) is 12.1 Å². The van der Waals surface area contributed by atoms with Gasteiger partial charge in [-0.3, -0.25) is 0 Å². The number of hydrogen-bond donors (Lipinski definition) is 2. The van der Waals surface area contributed by atoms with Crippen LogP contribution in [-0.2, 0) is 6.42 Å². The van der Waals surface area contributed by atoms with Crippen molar-refractivity contribution in [2.75, 3.05) is 11.5 Å². The molecule has 0 amide bonds. The van der Waals surface area contributed by atoms with Gasteiger partial charge in [0, 0.05) is 0 Å². The Hall–Kier alpha value is -1.09. The third kappa shape index (κ3) is 2.83. The van der Waals surface area contributed by atoms with Crippen molar-refractivity contribution in [3.8, 4) is 0 Å². The van der Waals surface area contributed by atoms with Crippen LogP contribution in [0.2, 0.25) is 15.1 Å². The summed E-state index contributed by atoms with van der Waals surface area (Å²) in [6, 6.07) is 9.12. The molecule has 0 bridgehead atoms. The molecule has 2 aromatic carbocycles. The second-order valence-corrected chi connectivity index (χ2v) is 5.23. The molecule has 94 valence electrons. The predicted molar refractivity (Wildman–Crippen MR) is 79.5 cm³/mol. The van der Waals surface area contributed by atoms with Crippen molar-refractivity contribution in [1.82, 2.24) is 0 Å². The number of anilines is 2. The summed E-state index contributed by atoms with van der Waals surface area (Å²) in [5, 5.41) is 1.46. The monoisotopic (exact) mass is 300 g/mol. The molecule has 4 N–H and O–H groups in total. The third-order valence-corrected chi connectivity index (χ3v) is 3.56. The number of rotatable bonds is 2. The Morgan fingerprint density at radius 3 is 1.89 bits per heavy atom. The van der Waals surface area contributed by atoms with E-state index < -0.39 is 0 Å². The van der Waals surface area contributed by atoms with Crippen LogP contribution in [0.5, 0.6) is 0 Å². The van der Waals surface area contributed by atoms with Crippen molar-refractivity contribution in [3.63, 3.8) is 0 Å². The highest BCUT2D eigenvalue weighted by molar-refractivity contribution is 6.38. The Balaban J connectivity index is 2.31. The molecule has 0 spiro atoms. The number of hydrogen-bond acceptors (Lipinski definition) is 2. The summed E-state index contributed by atoms with van der Waals surface area (Å²) in [6.07, 6.45) is 0.666.